The first-order valence-electron chi connectivity index (χ1n) is 7.84. The summed E-state index contributed by atoms with van der Waals surface area (Å²) in [4.78, 5) is 21.9. The van der Waals surface area contributed by atoms with Crippen LogP contribution in [0, 0.1) is 17.3 Å². The van der Waals surface area contributed by atoms with E-state index in [1.165, 1.54) is 12.1 Å². The standard InChI is InChI=1S/C18H16FN5O/c19-15-4-6-17(22-10-15)23-18(25)8-13-3-5-16(21-9-13)14-2-1-7-24(11-14)12-20/h2-6,9-10H,1,7-8,11H2,(H,22,23,25). The third kappa shape index (κ3) is 4.38. The number of pyridine rings is 2. The van der Waals surface area contributed by atoms with Crippen molar-refractivity contribution in [2.24, 2.45) is 0 Å². The lowest BCUT2D eigenvalue weighted by Crippen LogP contribution is -2.24. The van der Waals surface area contributed by atoms with Crippen LogP contribution >= 0.6 is 0 Å². The number of carbonyl (C=O) groups excluding carboxylic acids is 1. The molecular weight excluding hydrogens is 321 g/mol. The molecule has 0 spiro atoms. The third-order valence-corrected chi connectivity index (χ3v) is 3.81. The smallest absolute Gasteiger partial charge is 0.230 e. The van der Waals surface area contributed by atoms with Gasteiger partial charge in [0.2, 0.25) is 5.91 Å². The number of aromatic nitrogens is 2. The SMILES string of the molecule is N#CN1CCC=C(c2ccc(CC(=O)Nc3ccc(F)cn3)cn2)C1. The molecule has 1 aliphatic rings. The van der Waals surface area contributed by atoms with E-state index in [2.05, 4.69) is 27.6 Å². The maximum absolute atomic E-state index is 12.8. The van der Waals surface area contributed by atoms with Crippen molar-refractivity contribution in [1.82, 2.24) is 14.9 Å². The summed E-state index contributed by atoms with van der Waals surface area (Å²) in [6.07, 6.45) is 7.91. The van der Waals surface area contributed by atoms with E-state index < -0.39 is 5.82 Å². The summed E-state index contributed by atoms with van der Waals surface area (Å²) in [6.45, 7) is 1.29. The fourth-order valence-electron chi connectivity index (χ4n) is 2.56. The van der Waals surface area contributed by atoms with Crippen LogP contribution in [-0.2, 0) is 11.2 Å². The highest BCUT2D eigenvalue weighted by Gasteiger charge is 2.13. The molecule has 0 unspecified atom stereocenters. The van der Waals surface area contributed by atoms with Crippen LogP contribution in [0.1, 0.15) is 17.7 Å². The number of amides is 1. The highest BCUT2D eigenvalue weighted by molar-refractivity contribution is 5.91. The number of anilines is 1. The molecule has 126 valence electrons. The Morgan fingerprint density at radius 2 is 2.16 bits per heavy atom. The van der Waals surface area contributed by atoms with Crippen LogP contribution in [0.25, 0.3) is 5.57 Å². The first-order valence-corrected chi connectivity index (χ1v) is 7.84. The molecule has 2 aromatic heterocycles. The van der Waals surface area contributed by atoms with E-state index in [0.29, 0.717) is 12.4 Å². The average Bonchev–Trinajstić information content (AvgIpc) is 2.64. The first kappa shape index (κ1) is 16.6. The summed E-state index contributed by atoms with van der Waals surface area (Å²) in [5.74, 6) is -0.397. The van der Waals surface area contributed by atoms with E-state index in [-0.39, 0.29) is 12.3 Å². The van der Waals surface area contributed by atoms with Gasteiger partial charge in [0.05, 0.1) is 24.9 Å². The molecule has 2 aromatic rings. The van der Waals surface area contributed by atoms with Gasteiger partial charge in [0, 0.05) is 12.7 Å². The molecule has 7 heteroatoms. The van der Waals surface area contributed by atoms with E-state index in [4.69, 9.17) is 5.26 Å². The number of nitriles is 1. The second kappa shape index (κ2) is 7.53. The molecule has 3 heterocycles. The summed E-state index contributed by atoms with van der Waals surface area (Å²) in [5.41, 5.74) is 2.58. The van der Waals surface area contributed by atoms with Crippen molar-refractivity contribution in [3.05, 3.63) is 59.8 Å². The van der Waals surface area contributed by atoms with E-state index in [1.807, 2.05) is 12.1 Å². The molecule has 3 rings (SSSR count). The molecule has 1 aliphatic heterocycles. The molecule has 0 saturated heterocycles. The quantitative estimate of drug-likeness (QED) is 0.866. The second-order valence-electron chi connectivity index (χ2n) is 5.68. The predicted octanol–water partition coefficient (Wildman–Crippen LogP) is 2.37. The molecule has 0 aromatic carbocycles. The number of halogens is 1. The Hall–Kier alpha value is -3.27. The van der Waals surface area contributed by atoms with Crippen molar-refractivity contribution in [2.75, 3.05) is 18.4 Å². The molecule has 0 aliphatic carbocycles. The molecule has 0 fully saturated rings. The zero-order valence-corrected chi connectivity index (χ0v) is 13.4. The summed E-state index contributed by atoms with van der Waals surface area (Å²) in [7, 11) is 0. The fourth-order valence-corrected chi connectivity index (χ4v) is 2.56. The summed E-state index contributed by atoms with van der Waals surface area (Å²) in [5, 5.41) is 11.6. The largest absolute Gasteiger partial charge is 0.310 e. The van der Waals surface area contributed by atoms with E-state index in [1.54, 1.807) is 11.1 Å². The Labute approximate surface area is 144 Å². The monoisotopic (exact) mass is 337 g/mol. The third-order valence-electron chi connectivity index (χ3n) is 3.81. The minimum Gasteiger partial charge on any atom is -0.310 e. The van der Waals surface area contributed by atoms with Gasteiger partial charge in [-0.2, -0.15) is 5.26 Å². The second-order valence-corrected chi connectivity index (χ2v) is 5.68. The van der Waals surface area contributed by atoms with Crippen LogP contribution in [0.5, 0.6) is 0 Å². The van der Waals surface area contributed by atoms with E-state index in [0.717, 1.165) is 36.0 Å². The lowest BCUT2D eigenvalue weighted by atomic mass is 10.1. The van der Waals surface area contributed by atoms with Crippen LogP contribution < -0.4 is 5.32 Å². The molecular formula is C18H16FN5O. The molecule has 25 heavy (non-hydrogen) atoms. The Kier molecular flexibility index (Phi) is 5.00. The highest BCUT2D eigenvalue weighted by atomic mass is 19.1. The Morgan fingerprint density at radius 3 is 2.84 bits per heavy atom. The topological polar surface area (TPSA) is 81.9 Å². The summed E-state index contributed by atoms with van der Waals surface area (Å²) >= 11 is 0. The number of nitrogens with one attached hydrogen (secondary N) is 1. The number of hydrogen-bond donors (Lipinski definition) is 1. The molecule has 0 radical (unpaired) electrons. The Bertz CT molecular complexity index is 824. The van der Waals surface area contributed by atoms with Crippen LogP contribution in [-0.4, -0.2) is 33.9 Å². The van der Waals surface area contributed by atoms with Gasteiger partial charge in [0.15, 0.2) is 6.19 Å². The maximum Gasteiger partial charge on any atom is 0.230 e. The first-order chi connectivity index (χ1) is 12.1. The normalized spacial score (nSPS) is 13.8. The zero-order chi connectivity index (χ0) is 17.6. The predicted molar refractivity (Wildman–Crippen MR) is 90.5 cm³/mol. The van der Waals surface area contributed by atoms with Gasteiger partial charge in [-0.25, -0.2) is 9.37 Å². The summed E-state index contributed by atoms with van der Waals surface area (Å²) < 4.78 is 12.8. The number of hydrogen-bond acceptors (Lipinski definition) is 5. The van der Waals surface area contributed by atoms with Crippen molar-refractivity contribution in [3.8, 4) is 6.19 Å². The number of carbonyl (C=O) groups is 1. The van der Waals surface area contributed by atoms with Crippen molar-refractivity contribution < 1.29 is 9.18 Å². The Morgan fingerprint density at radius 1 is 1.28 bits per heavy atom. The van der Waals surface area contributed by atoms with Crippen LogP contribution in [0.4, 0.5) is 10.2 Å². The molecule has 1 N–H and O–H groups in total. The zero-order valence-electron chi connectivity index (χ0n) is 13.4. The number of nitrogens with zero attached hydrogens (tertiary/aromatic N) is 4. The van der Waals surface area contributed by atoms with Crippen molar-refractivity contribution in [1.29, 1.82) is 5.26 Å². The maximum atomic E-state index is 12.8. The molecule has 1 amide bonds. The van der Waals surface area contributed by atoms with Gasteiger partial charge >= 0.3 is 0 Å². The van der Waals surface area contributed by atoms with Crippen molar-refractivity contribution >= 4 is 17.3 Å². The van der Waals surface area contributed by atoms with Crippen LogP contribution in [0.3, 0.4) is 0 Å². The van der Waals surface area contributed by atoms with Crippen LogP contribution in [0.15, 0.2) is 42.7 Å². The molecule has 0 bridgehead atoms. The van der Waals surface area contributed by atoms with Gasteiger partial charge in [0.25, 0.3) is 0 Å². The van der Waals surface area contributed by atoms with Gasteiger partial charge in [-0.3, -0.25) is 9.78 Å². The van der Waals surface area contributed by atoms with E-state index >= 15 is 0 Å². The minimum atomic E-state index is -0.454. The van der Waals surface area contributed by atoms with Gasteiger partial charge < -0.3 is 10.2 Å². The molecule has 0 saturated carbocycles. The van der Waals surface area contributed by atoms with Crippen LogP contribution in [0.2, 0.25) is 0 Å². The lowest BCUT2D eigenvalue weighted by Gasteiger charge is -2.21. The van der Waals surface area contributed by atoms with Gasteiger partial charge in [0.1, 0.15) is 11.6 Å². The minimum absolute atomic E-state index is 0.149. The highest BCUT2D eigenvalue weighted by Crippen LogP contribution is 2.19. The molecule has 6 nitrogen and oxygen atoms in total. The molecule has 0 atom stereocenters. The average molecular weight is 337 g/mol. The Balaban J connectivity index is 1.61. The number of rotatable bonds is 4. The lowest BCUT2D eigenvalue weighted by molar-refractivity contribution is -0.115. The van der Waals surface area contributed by atoms with Gasteiger partial charge in [-0.1, -0.05) is 12.1 Å². The fraction of sp³-hybridized carbons (Fsp3) is 0.222. The van der Waals surface area contributed by atoms with Gasteiger partial charge in [-0.05, 0) is 35.8 Å². The van der Waals surface area contributed by atoms with Crippen molar-refractivity contribution in [2.45, 2.75) is 12.8 Å². The summed E-state index contributed by atoms with van der Waals surface area (Å²) in [6, 6.07) is 6.34. The van der Waals surface area contributed by atoms with E-state index in [9.17, 15) is 9.18 Å². The van der Waals surface area contributed by atoms with Crippen molar-refractivity contribution in [3.63, 3.8) is 0 Å². The van der Waals surface area contributed by atoms with Gasteiger partial charge in [-0.15, -0.1) is 0 Å².